The molecule has 1 aliphatic rings. The smallest absolute Gasteiger partial charge is 0.181 e. The molecule has 1 aliphatic carbocycles. The number of aryl methyl sites for hydroxylation is 1. The van der Waals surface area contributed by atoms with Crippen LogP contribution in [0.15, 0.2) is 9.00 Å². The van der Waals surface area contributed by atoms with Crippen LogP contribution in [-0.4, -0.2) is 5.16 Å². The topological polar surface area (TPSA) is 52.0 Å². The van der Waals surface area contributed by atoms with Crippen LogP contribution in [0.2, 0.25) is 0 Å². The molecule has 1 saturated carbocycles. The fourth-order valence-corrected chi connectivity index (χ4v) is 1.57. The number of hydrogen-bond donors (Lipinski definition) is 1. The van der Waals surface area contributed by atoms with E-state index in [-0.39, 0.29) is 0 Å². The summed E-state index contributed by atoms with van der Waals surface area (Å²) in [4.78, 5) is 0. The zero-order chi connectivity index (χ0) is 8.55. The molecule has 0 unspecified atom stereocenters. The SMILES string of the molecule is Nc1noc(CCC2CC2)c1Br. The van der Waals surface area contributed by atoms with Gasteiger partial charge >= 0.3 is 0 Å². The van der Waals surface area contributed by atoms with Crippen LogP contribution in [0.3, 0.4) is 0 Å². The Hall–Kier alpha value is -0.510. The molecule has 1 aromatic rings. The maximum absolute atomic E-state index is 5.51. The van der Waals surface area contributed by atoms with Crippen molar-refractivity contribution < 1.29 is 4.52 Å². The van der Waals surface area contributed by atoms with E-state index in [0.29, 0.717) is 5.82 Å². The average Bonchev–Trinajstić information content (AvgIpc) is 2.82. The van der Waals surface area contributed by atoms with Gasteiger partial charge in [-0.2, -0.15) is 0 Å². The molecule has 1 fully saturated rings. The number of nitrogen functional groups attached to an aromatic ring is 1. The molecular weight excluding hydrogens is 220 g/mol. The molecule has 0 amide bonds. The van der Waals surface area contributed by atoms with E-state index in [0.717, 1.165) is 22.6 Å². The predicted molar refractivity (Wildman–Crippen MR) is 49.7 cm³/mol. The minimum absolute atomic E-state index is 0.459. The van der Waals surface area contributed by atoms with Crippen LogP contribution in [0.5, 0.6) is 0 Å². The lowest BCUT2D eigenvalue weighted by molar-refractivity contribution is 0.379. The van der Waals surface area contributed by atoms with Crippen LogP contribution in [0.1, 0.15) is 25.0 Å². The van der Waals surface area contributed by atoms with Crippen molar-refractivity contribution in [2.24, 2.45) is 5.92 Å². The minimum atomic E-state index is 0.459. The zero-order valence-electron chi connectivity index (χ0n) is 6.72. The van der Waals surface area contributed by atoms with Crippen molar-refractivity contribution in [3.05, 3.63) is 10.2 Å². The molecule has 0 bridgehead atoms. The van der Waals surface area contributed by atoms with Crippen LogP contribution in [0, 0.1) is 5.92 Å². The van der Waals surface area contributed by atoms with Gasteiger partial charge in [-0.15, -0.1) is 0 Å². The first-order chi connectivity index (χ1) is 5.77. The van der Waals surface area contributed by atoms with Gasteiger partial charge in [-0.05, 0) is 28.3 Å². The molecule has 2 N–H and O–H groups in total. The maximum atomic E-state index is 5.51. The monoisotopic (exact) mass is 230 g/mol. The van der Waals surface area contributed by atoms with Crippen molar-refractivity contribution in [1.29, 1.82) is 0 Å². The second-order valence-electron chi connectivity index (χ2n) is 3.29. The zero-order valence-corrected chi connectivity index (χ0v) is 8.30. The van der Waals surface area contributed by atoms with E-state index >= 15 is 0 Å². The summed E-state index contributed by atoms with van der Waals surface area (Å²) < 4.78 is 5.89. The lowest BCUT2D eigenvalue weighted by Crippen LogP contribution is -1.86. The molecule has 0 spiro atoms. The first-order valence-corrected chi connectivity index (χ1v) is 4.96. The molecule has 0 radical (unpaired) electrons. The summed E-state index contributed by atoms with van der Waals surface area (Å²) in [6.45, 7) is 0. The molecule has 1 heterocycles. The third-order valence-electron chi connectivity index (χ3n) is 2.20. The Balaban J connectivity index is 1.96. The number of halogens is 1. The van der Waals surface area contributed by atoms with Gasteiger partial charge in [-0.3, -0.25) is 0 Å². The molecule has 66 valence electrons. The van der Waals surface area contributed by atoms with Gasteiger partial charge in [0.05, 0.1) is 0 Å². The first kappa shape index (κ1) is 8.10. The van der Waals surface area contributed by atoms with Gasteiger partial charge in [0.25, 0.3) is 0 Å². The van der Waals surface area contributed by atoms with Gasteiger partial charge in [0.1, 0.15) is 4.47 Å². The second kappa shape index (κ2) is 3.09. The Morgan fingerprint density at radius 3 is 2.83 bits per heavy atom. The van der Waals surface area contributed by atoms with E-state index in [9.17, 15) is 0 Å². The molecular formula is C8H11BrN2O. The Bertz CT molecular complexity index is 281. The molecule has 0 atom stereocenters. The Labute approximate surface area is 79.4 Å². The van der Waals surface area contributed by atoms with Crippen molar-refractivity contribution in [1.82, 2.24) is 5.16 Å². The lowest BCUT2D eigenvalue weighted by atomic mass is 10.2. The minimum Gasteiger partial charge on any atom is -0.380 e. The maximum Gasteiger partial charge on any atom is 0.181 e. The summed E-state index contributed by atoms with van der Waals surface area (Å²) in [5, 5.41) is 3.67. The van der Waals surface area contributed by atoms with Crippen LogP contribution < -0.4 is 5.73 Å². The van der Waals surface area contributed by atoms with Crippen LogP contribution in [-0.2, 0) is 6.42 Å². The van der Waals surface area contributed by atoms with E-state index in [4.69, 9.17) is 10.3 Å². The van der Waals surface area contributed by atoms with E-state index in [2.05, 4.69) is 21.1 Å². The first-order valence-electron chi connectivity index (χ1n) is 4.17. The molecule has 3 nitrogen and oxygen atoms in total. The van der Waals surface area contributed by atoms with Crippen molar-refractivity contribution in [2.45, 2.75) is 25.7 Å². The molecule has 4 heteroatoms. The summed E-state index contributed by atoms with van der Waals surface area (Å²) in [7, 11) is 0. The van der Waals surface area contributed by atoms with Crippen molar-refractivity contribution >= 4 is 21.7 Å². The van der Waals surface area contributed by atoms with Gasteiger partial charge in [-0.25, -0.2) is 0 Å². The molecule has 0 aromatic carbocycles. The number of aromatic nitrogens is 1. The number of nitrogens with zero attached hydrogens (tertiary/aromatic N) is 1. The number of rotatable bonds is 3. The fraction of sp³-hybridized carbons (Fsp3) is 0.625. The van der Waals surface area contributed by atoms with E-state index in [1.807, 2.05) is 0 Å². The highest BCUT2D eigenvalue weighted by Crippen LogP contribution is 2.35. The molecule has 12 heavy (non-hydrogen) atoms. The molecule has 0 aliphatic heterocycles. The predicted octanol–water partition coefficient (Wildman–Crippen LogP) is 2.36. The highest BCUT2D eigenvalue weighted by Gasteiger charge is 2.22. The Morgan fingerprint density at radius 2 is 2.33 bits per heavy atom. The van der Waals surface area contributed by atoms with Crippen LogP contribution in [0.25, 0.3) is 0 Å². The summed E-state index contributed by atoms with van der Waals surface area (Å²) in [6, 6.07) is 0. The lowest BCUT2D eigenvalue weighted by Gasteiger charge is -1.93. The normalized spacial score (nSPS) is 16.8. The standard InChI is InChI=1S/C8H11BrN2O/c9-7-6(12-11-8(7)10)4-3-5-1-2-5/h5H,1-4H2,(H2,10,11). The number of hydrogen-bond acceptors (Lipinski definition) is 3. The van der Waals surface area contributed by atoms with Gasteiger partial charge in [0.15, 0.2) is 11.6 Å². The third-order valence-corrected chi connectivity index (χ3v) is 3.05. The molecule has 1 aromatic heterocycles. The third kappa shape index (κ3) is 1.63. The van der Waals surface area contributed by atoms with Gasteiger partial charge in [0, 0.05) is 6.42 Å². The summed E-state index contributed by atoms with van der Waals surface area (Å²) in [5.74, 6) is 2.27. The number of anilines is 1. The van der Waals surface area contributed by atoms with Crippen LogP contribution >= 0.6 is 15.9 Å². The summed E-state index contributed by atoms with van der Waals surface area (Å²) >= 11 is 3.34. The Kier molecular flexibility index (Phi) is 2.09. The van der Waals surface area contributed by atoms with Gasteiger partial charge < -0.3 is 10.3 Å². The fourth-order valence-electron chi connectivity index (χ4n) is 1.22. The summed E-state index contributed by atoms with van der Waals surface area (Å²) in [5.41, 5.74) is 5.51. The largest absolute Gasteiger partial charge is 0.380 e. The average molecular weight is 231 g/mol. The highest BCUT2D eigenvalue weighted by molar-refractivity contribution is 9.10. The van der Waals surface area contributed by atoms with Crippen molar-refractivity contribution in [3.8, 4) is 0 Å². The highest BCUT2D eigenvalue weighted by atomic mass is 79.9. The summed E-state index contributed by atoms with van der Waals surface area (Å²) in [6.07, 6.45) is 4.91. The van der Waals surface area contributed by atoms with Crippen LogP contribution in [0.4, 0.5) is 5.82 Å². The van der Waals surface area contributed by atoms with Gasteiger partial charge in [0.2, 0.25) is 0 Å². The van der Waals surface area contributed by atoms with E-state index in [1.165, 1.54) is 19.3 Å². The van der Waals surface area contributed by atoms with Crippen molar-refractivity contribution in [3.63, 3.8) is 0 Å². The van der Waals surface area contributed by atoms with Crippen molar-refractivity contribution in [2.75, 3.05) is 5.73 Å². The quantitative estimate of drug-likeness (QED) is 0.868. The van der Waals surface area contributed by atoms with Gasteiger partial charge in [-0.1, -0.05) is 18.0 Å². The molecule has 0 saturated heterocycles. The second-order valence-corrected chi connectivity index (χ2v) is 4.08. The van der Waals surface area contributed by atoms with E-state index < -0.39 is 0 Å². The van der Waals surface area contributed by atoms with E-state index in [1.54, 1.807) is 0 Å². The Morgan fingerprint density at radius 1 is 1.58 bits per heavy atom. The molecule has 2 rings (SSSR count). The number of nitrogens with two attached hydrogens (primary N) is 1.